The molecule has 0 spiro atoms. The summed E-state index contributed by atoms with van der Waals surface area (Å²) in [6.07, 6.45) is 3.27. The number of amides is 2. The maximum Gasteiger partial charge on any atom is 0.275 e. The summed E-state index contributed by atoms with van der Waals surface area (Å²) < 4.78 is 7.25. The number of carbonyl (C=O) groups excluding carboxylic acids is 2. The van der Waals surface area contributed by atoms with Gasteiger partial charge in [0.25, 0.3) is 5.91 Å². The lowest BCUT2D eigenvalue weighted by Crippen LogP contribution is -2.59. The van der Waals surface area contributed by atoms with E-state index in [4.69, 9.17) is 4.52 Å². The summed E-state index contributed by atoms with van der Waals surface area (Å²) in [6, 6.07) is 11.6. The number of aryl methyl sites for hydroxylation is 2. The average Bonchev–Trinajstić information content (AvgIpc) is 3.53. The molecule has 174 valence electrons. The van der Waals surface area contributed by atoms with E-state index in [1.54, 1.807) is 28.9 Å². The summed E-state index contributed by atoms with van der Waals surface area (Å²) >= 11 is 0. The molecular weight excluding hydrogens is 418 g/mol. The Hall–Kier alpha value is -3.42. The smallest absolute Gasteiger partial charge is 0.275 e. The normalized spacial score (nSPS) is 18.2. The molecule has 1 saturated heterocycles. The van der Waals surface area contributed by atoms with Crippen LogP contribution < -0.4 is 5.32 Å². The zero-order valence-corrected chi connectivity index (χ0v) is 19.7. The van der Waals surface area contributed by atoms with Crippen LogP contribution >= 0.6 is 0 Å². The molecule has 0 bridgehead atoms. The number of hydrogen-bond acceptors (Lipinski definition) is 5. The number of benzene rings is 1. The van der Waals surface area contributed by atoms with Crippen LogP contribution in [0.1, 0.15) is 48.5 Å². The van der Waals surface area contributed by atoms with Gasteiger partial charge in [0.2, 0.25) is 5.91 Å². The Labute approximate surface area is 193 Å². The monoisotopic (exact) mass is 449 g/mol. The number of carbonyl (C=O) groups is 2. The van der Waals surface area contributed by atoms with Crippen molar-refractivity contribution in [3.63, 3.8) is 0 Å². The second-order valence-electron chi connectivity index (χ2n) is 9.29. The van der Waals surface area contributed by atoms with Gasteiger partial charge < -0.3 is 14.7 Å². The Morgan fingerprint density at radius 3 is 2.64 bits per heavy atom. The van der Waals surface area contributed by atoms with E-state index in [2.05, 4.69) is 15.6 Å². The van der Waals surface area contributed by atoms with E-state index in [1.165, 1.54) is 0 Å². The van der Waals surface area contributed by atoms with E-state index in [1.807, 2.05) is 51.1 Å². The van der Waals surface area contributed by atoms with Gasteiger partial charge in [-0.2, -0.15) is 5.10 Å². The SMILES string of the molecule is Cc1ccc(-c2cc(CC3(C(=O)NCC(C)C)CCCN3C(=O)c3ccn(C)n3)on2)cc1. The van der Waals surface area contributed by atoms with Gasteiger partial charge in [-0.05, 0) is 31.7 Å². The lowest BCUT2D eigenvalue weighted by Gasteiger charge is -2.36. The van der Waals surface area contributed by atoms with E-state index in [-0.39, 0.29) is 18.2 Å². The summed E-state index contributed by atoms with van der Waals surface area (Å²) in [5.41, 5.74) is 2.11. The third-order valence-electron chi connectivity index (χ3n) is 6.13. The highest BCUT2D eigenvalue weighted by Crippen LogP contribution is 2.35. The topological polar surface area (TPSA) is 93.3 Å². The molecule has 1 aliphatic heterocycles. The van der Waals surface area contributed by atoms with Gasteiger partial charge in [0.15, 0.2) is 0 Å². The molecular formula is C25H31N5O3. The largest absolute Gasteiger partial charge is 0.361 e. The number of hydrogen-bond donors (Lipinski definition) is 1. The van der Waals surface area contributed by atoms with Crippen LogP contribution in [-0.4, -0.2) is 50.3 Å². The second-order valence-corrected chi connectivity index (χ2v) is 9.29. The second kappa shape index (κ2) is 9.21. The summed E-state index contributed by atoms with van der Waals surface area (Å²) in [6.45, 7) is 7.15. The van der Waals surface area contributed by atoms with Gasteiger partial charge >= 0.3 is 0 Å². The fourth-order valence-electron chi connectivity index (χ4n) is 4.35. The van der Waals surface area contributed by atoms with Crippen LogP contribution in [0.3, 0.4) is 0 Å². The van der Waals surface area contributed by atoms with Gasteiger partial charge in [0.1, 0.15) is 22.7 Å². The number of rotatable bonds is 7. The van der Waals surface area contributed by atoms with Crippen molar-refractivity contribution < 1.29 is 14.1 Å². The van der Waals surface area contributed by atoms with Gasteiger partial charge in [-0.1, -0.05) is 48.8 Å². The van der Waals surface area contributed by atoms with Crippen LogP contribution in [0.2, 0.25) is 0 Å². The fraction of sp³-hybridized carbons (Fsp3) is 0.440. The maximum absolute atomic E-state index is 13.5. The van der Waals surface area contributed by atoms with Gasteiger partial charge in [0, 0.05) is 44.4 Å². The molecule has 2 aromatic heterocycles. The summed E-state index contributed by atoms with van der Waals surface area (Å²) in [7, 11) is 1.77. The zero-order valence-electron chi connectivity index (χ0n) is 19.7. The summed E-state index contributed by atoms with van der Waals surface area (Å²) in [4.78, 5) is 28.6. The van der Waals surface area contributed by atoms with Crippen molar-refractivity contribution in [2.75, 3.05) is 13.1 Å². The van der Waals surface area contributed by atoms with Gasteiger partial charge in [-0.15, -0.1) is 0 Å². The molecule has 4 rings (SSSR count). The molecule has 1 unspecified atom stereocenters. The summed E-state index contributed by atoms with van der Waals surface area (Å²) in [5, 5.41) is 11.5. The Balaban J connectivity index is 1.65. The predicted octanol–water partition coefficient (Wildman–Crippen LogP) is 3.37. The molecule has 8 nitrogen and oxygen atoms in total. The molecule has 3 aromatic rings. The molecule has 0 radical (unpaired) electrons. The number of likely N-dealkylation sites (tertiary alicyclic amines) is 1. The highest BCUT2D eigenvalue weighted by molar-refractivity contribution is 5.98. The number of nitrogens with one attached hydrogen (secondary N) is 1. The highest BCUT2D eigenvalue weighted by Gasteiger charge is 2.51. The van der Waals surface area contributed by atoms with Crippen molar-refractivity contribution in [3.05, 3.63) is 59.6 Å². The Bertz CT molecular complexity index is 1130. The van der Waals surface area contributed by atoms with Crippen molar-refractivity contribution >= 4 is 11.8 Å². The van der Waals surface area contributed by atoms with Crippen molar-refractivity contribution in [3.8, 4) is 11.3 Å². The molecule has 1 fully saturated rings. The van der Waals surface area contributed by atoms with Crippen molar-refractivity contribution in [1.29, 1.82) is 0 Å². The highest BCUT2D eigenvalue weighted by atomic mass is 16.5. The predicted molar refractivity (Wildman–Crippen MR) is 124 cm³/mol. The third-order valence-corrected chi connectivity index (χ3v) is 6.13. The van der Waals surface area contributed by atoms with E-state index < -0.39 is 5.54 Å². The van der Waals surface area contributed by atoms with Crippen molar-refractivity contribution in [2.24, 2.45) is 13.0 Å². The molecule has 0 aliphatic carbocycles. The Morgan fingerprint density at radius 2 is 1.97 bits per heavy atom. The average molecular weight is 450 g/mol. The molecule has 33 heavy (non-hydrogen) atoms. The van der Waals surface area contributed by atoms with Crippen molar-refractivity contribution in [2.45, 2.75) is 45.6 Å². The molecule has 0 saturated carbocycles. The molecule has 1 atom stereocenters. The van der Waals surface area contributed by atoms with Crippen LogP contribution in [0, 0.1) is 12.8 Å². The third kappa shape index (κ3) is 4.69. The summed E-state index contributed by atoms with van der Waals surface area (Å²) in [5.74, 6) is 0.467. The molecule has 1 N–H and O–H groups in total. The minimum atomic E-state index is -1.05. The minimum absolute atomic E-state index is 0.161. The minimum Gasteiger partial charge on any atom is -0.361 e. The zero-order chi connectivity index (χ0) is 23.6. The van der Waals surface area contributed by atoms with Gasteiger partial charge in [-0.3, -0.25) is 14.3 Å². The first-order chi connectivity index (χ1) is 15.8. The molecule has 8 heteroatoms. The van der Waals surface area contributed by atoms with E-state index in [9.17, 15) is 9.59 Å². The number of nitrogens with zero attached hydrogens (tertiary/aromatic N) is 4. The first kappa shape index (κ1) is 22.8. The Kier molecular flexibility index (Phi) is 6.35. The van der Waals surface area contributed by atoms with Crippen molar-refractivity contribution in [1.82, 2.24) is 25.2 Å². The maximum atomic E-state index is 13.5. The molecule has 1 aliphatic rings. The van der Waals surface area contributed by atoms with Crippen LogP contribution in [0.15, 0.2) is 47.1 Å². The van der Waals surface area contributed by atoms with E-state index in [0.717, 1.165) is 17.5 Å². The first-order valence-corrected chi connectivity index (χ1v) is 11.4. The van der Waals surface area contributed by atoms with Crippen LogP contribution in [0.5, 0.6) is 0 Å². The number of aromatic nitrogens is 3. The Morgan fingerprint density at radius 1 is 1.21 bits per heavy atom. The quantitative estimate of drug-likeness (QED) is 0.597. The van der Waals surface area contributed by atoms with Gasteiger partial charge in [0.05, 0.1) is 0 Å². The van der Waals surface area contributed by atoms with E-state index >= 15 is 0 Å². The molecule has 3 heterocycles. The lowest BCUT2D eigenvalue weighted by molar-refractivity contribution is -0.131. The van der Waals surface area contributed by atoms with Gasteiger partial charge in [-0.25, -0.2) is 0 Å². The van der Waals surface area contributed by atoms with Crippen LogP contribution in [0.4, 0.5) is 0 Å². The molecule has 1 aromatic carbocycles. The fourth-order valence-corrected chi connectivity index (χ4v) is 4.35. The standard InChI is InChI=1S/C25H31N5O3/c1-17(2)16-26-24(32)25(11-5-12-30(25)23(31)21-10-13-29(4)27-21)15-20-14-22(28-33-20)19-8-6-18(3)7-9-19/h6-10,13-14,17H,5,11-12,15-16H2,1-4H3,(H,26,32). The van der Waals surface area contributed by atoms with E-state index in [0.29, 0.717) is 42.6 Å². The molecule has 2 amide bonds. The van der Waals surface area contributed by atoms with Crippen LogP contribution in [-0.2, 0) is 18.3 Å². The first-order valence-electron chi connectivity index (χ1n) is 11.4. The lowest BCUT2D eigenvalue weighted by atomic mass is 9.88. The van der Waals surface area contributed by atoms with Crippen LogP contribution in [0.25, 0.3) is 11.3 Å².